The Hall–Kier alpha value is -1.49. The zero-order chi connectivity index (χ0) is 11.7. The summed E-state index contributed by atoms with van der Waals surface area (Å²) in [4.78, 5) is 2.23. The van der Waals surface area contributed by atoms with Crippen LogP contribution in [0.3, 0.4) is 0 Å². The van der Waals surface area contributed by atoms with E-state index in [0.717, 1.165) is 31.9 Å². The van der Waals surface area contributed by atoms with Gasteiger partial charge in [-0.1, -0.05) is 6.07 Å². The first-order chi connectivity index (χ1) is 8.34. The number of fused-ring (bicyclic) bond motifs is 1. The molecule has 0 bridgehead atoms. The van der Waals surface area contributed by atoms with Crippen LogP contribution in [0.2, 0.25) is 0 Å². The van der Waals surface area contributed by atoms with Gasteiger partial charge in [0, 0.05) is 26.2 Å². The topological polar surface area (TPSA) is 33.7 Å². The smallest absolute Gasteiger partial charge is 0.272 e. The number of nitrogens with one attached hydrogen (secondary N) is 1. The number of halogens is 1. The SMILES string of the molecule is FC1COc2c(cccc2N2CCNCC2)O1. The summed E-state index contributed by atoms with van der Waals surface area (Å²) >= 11 is 0. The lowest BCUT2D eigenvalue weighted by molar-refractivity contribution is -0.00260. The standard InChI is InChI=1S/C12H15FN2O2/c13-11-8-16-12-9(2-1-3-10(12)17-11)15-6-4-14-5-7-15/h1-3,11,14H,4-8H2. The molecule has 1 atom stereocenters. The van der Waals surface area contributed by atoms with Crippen LogP contribution in [0, 0.1) is 0 Å². The van der Waals surface area contributed by atoms with Crippen LogP contribution in [0.15, 0.2) is 18.2 Å². The number of nitrogens with zero attached hydrogens (tertiary/aromatic N) is 1. The van der Waals surface area contributed by atoms with Gasteiger partial charge in [-0.05, 0) is 12.1 Å². The summed E-state index contributed by atoms with van der Waals surface area (Å²) < 4.78 is 23.7. The monoisotopic (exact) mass is 238 g/mol. The number of para-hydroxylation sites is 1. The van der Waals surface area contributed by atoms with Crippen molar-refractivity contribution in [3.63, 3.8) is 0 Å². The Bertz CT molecular complexity index is 407. The minimum Gasteiger partial charge on any atom is -0.481 e. The molecular weight excluding hydrogens is 223 g/mol. The molecule has 2 aliphatic heterocycles. The van der Waals surface area contributed by atoms with Gasteiger partial charge >= 0.3 is 0 Å². The maximum atomic E-state index is 13.1. The molecule has 0 spiro atoms. The molecule has 17 heavy (non-hydrogen) atoms. The van der Waals surface area contributed by atoms with E-state index in [0.29, 0.717) is 11.5 Å². The third-order valence-corrected chi connectivity index (χ3v) is 3.03. The second kappa shape index (κ2) is 4.41. The summed E-state index contributed by atoms with van der Waals surface area (Å²) in [5.41, 5.74) is 0.996. The highest BCUT2D eigenvalue weighted by molar-refractivity contribution is 5.65. The molecule has 3 rings (SSSR count). The largest absolute Gasteiger partial charge is 0.481 e. The highest BCUT2D eigenvalue weighted by Gasteiger charge is 2.25. The molecule has 0 amide bonds. The Labute approximate surface area is 99.3 Å². The van der Waals surface area contributed by atoms with E-state index in [4.69, 9.17) is 9.47 Å². The van der Waals surface area contributed by atoms with E-state index in [-0.39, 0.29) is 6.61 Å². The number of piperazine rings is 1. The lowest BCUT2D eigenvalue weighted by Gasteiger charge is -2.32. The second-order valence-electron chi connectivity index (χ2n) is 4.18. The fraction of sp³-hybridized carbons (Fsp3) is 0.500. The quantitative estimate of drug-likeness (QED) is 0.796. The molecule has 0 aromatic heterocycles. The van der Waals surface area contributed by atoms with Crippen LogP contribution in [0.25, 0.3) is 0 Å². The van der Waals surface area contributed by atoms with E-state index < -0.39 is 6.36 Å². The van der Waals surface area contributed by atoms with E-state index in [2.05, 4.69) is 10.2 Å². The molecule has 5 heteroatoms. The van der Waals surface area contributed by atoms with Crippen LogP contribution < -0.4 is 19.7 Å². The molecule has 2 heterocycles. The number of anilines is 1. The Morgan fingerprint density at radius 2 is 2.12 bits per heavy atom. The first-order valence-electron chi connectivity index (χ1n) is 5.87. The zero-order valence-electron chi connectivity index (χ0n) is 9.49. The van der Waals surface area contributed by atoms with Crippen LogP contribution in [0.1, 0.15) is 0 Å². The highest BCUT2D eigenvalue weighted by Crippen LogP contribution is 2.40. The van der Waals surface area contributed by atoms with Gasteiger partial charge in [0.15, 0.2) is 18.1 Å². The third-order valence-electron chi connectivity index (χ3n) is 3.03. The normalized spacial score (nSPS) is 23.6. The van der Waals surface area contributed by atoms with Gasteiger partial charge in [0.05, 0.1) is 5.69 Å². The average Bonchev–Trinajstić information content (AvgIpc) is 2.39. The van der Waals surface area contributed by atoms with Crippen LogP contribution in [0.4, 0.5) is 10.1 Å². The van der Waals surface area contributed by atoms with Crippen LogP contribution in [0.5, 0.6) is 11.5 Å². The first-order valence-corrected chi connectivity index (χ1v) is 5.87. The van der Waals surface area contributed by atoms with Gasteiger partial charge in [0.2, 0.25) is 0 Å². The van der Waals surface area contributed by atoms with Crippen LogP contribution >= 0.6 is 0 Å². The third kappa shape index (κ3) is 2.02. The molecule has 4 nitrogen and oxygen atoms in total. The minimum absolute atomic E-state index is 0.0316. The van der Waals surface area contributed by atoms with Crippen molar-refractivity contribution in [3.8, 4) is 11.5 Å². The van der Waals surface area contributed by atoms with E-state index >= 15 is 0 Å². The molecular formula is C12H15FN2O2. The van der Waals surface area contributed by atoms with Crippen molar-refractivity contribution >= 4 is 5.69 Å². The zero-order valence-corrected chi connectivity index (χ0v) is 9.49. The van der Waals surface area contributed by atoms with Gasteiger partial charge in [-0.2, -0.15) is 4.39 Å². The van der Waals surface area contributed by atoms with Crippen molar-refractivity contribution in [3.05, 3.63) is 18.2 Å². The molecule has 2 aliphatic rings. The Morgan fingerprint density at radius 1 is 1.29 bits per heavy atom. The van der Waals surface area contributed by atoms with Crippen molar-refractivity contribution in [1.29, 1.82) is 0 Å². The van der Waals surface area contributed by atoms with Gasteiger partial charge in [0.1, 0.15) is 0 Å². The molecule has 92 valence electrons. The number of rotatable bonds is 1. The molecule has 1 aromatic rings. The molecule has 0 saturated carbocycles. The number of hydrogen-bond donors (Lipinski definition) is 1. The predicted molar refractivity (Wildman–Crippen MR) is 62.5 cm³/mol. The maximum Gasteiger partial charge on any atom is 0.272 e. The predicted octanol–water partition coefficient (Wildman–Crippen LogP) is 1.16. The second-order valence-corrected chi connectivity index (χ2v) is 4.18. The summed E-state index contributed by atoms with van der Waals surface area (Å²) in [5, 5.41) is 3.30. The lowest BCUT2D eigenvalue weighted by atomic mass is 10.2. The van der Waals surface area contributed by atoms with Gasteiger partial charge < -0.3 is 19.7 Å². The summed E-state index contributed by atoms with van der Waals surface area (Å²) in [6, 6.07) is 5.61. The van der Waals surface area contributed by atoms with E-state index in [1.807, 2.05) is 12.1 Å². The number of hydrogen-bond acceptors (Lipinski definition) is 4. The van der Waals surface area contributed by atoms with Crippen LogP contribution in [-0.2, 0) is 0 Å². The van der Waals surface area contributed by atoms with Crippen molar-refractivity contribution in [2.24, 2.45) is 0 Å². The van der Waals surface area contributed by atoms with Gasteiger partial charge in [0.25, 0.3) is 6.36 Å². The van der Waals surface area contributed by atoms with Crippen LogP contribution in [-0.4, -0.2) is 39.1 Å². The van der Waals surface area contributed by atoms with E-state index in [9.17, 15) is 4.39 Å². The van der Waals surface area contributed by atoms with Gasteiger partial charge in [-0.3, -0.25) is 0 Å². The molecule has 0 aliphatic carbocycles. The van der Waals surface area contributed by atoms with E-state index in [1.54, 1.807) is 6.07 Å². The summed E-state index contributed by atoms with van der Waals surface area (Å²) in [6.45, 7) is 3.74. The average molecular weight is 238 g/mol. The summed E-state index contributed by atoms with van der Waals surface area (Å²) in [5.74, 6) is 1.17. The Balaban J connectivity index is 1.91. The Kier molecular flexibility index (Phi) is 2.76. The van der Waals surface area contributed by atoms with Gasteiger partial charge in [-0.25, -0.2) is 0 Å². The molecule has 1 fully saturated rings. The maximum absolute atomic E-state index is 13.1. The number of alkyl halides is 1. The lowest BCUT2D eigenvalue weighted by Crippen LogP contribution is -2.43. The van der Waals surface area contributed by atoms with Crippen molar-refractivity contribution in [2.75, 3.05) is 37.7 Å². The van der Waals surface area contributed by atoms with Gasteiger partial charge in [-0.15, -0.1) is 0 Å². The van der Waals surface area contributed by atoms with Crippen molar-refractivity contribution in [2.45, 2.75) is 6.36 Å². The van der Waals surface area contributed by atoms with Crippen molar-refractivity contribution < 1.29 is 13.9 Å². The molecule has 1 aromatic carbocycles. The molecule has 1 N–H and O–H groups in total. The number of benzene rings is 1. The number of ether oxygens (including phenoxy) is 2. The summed E-state index contributed by atoms with van der Waals surface area (Å²) in [7, 11) is 0. The minimum atomic E-state index is -1.36. The van der Waals surface area contributed by atoms with E-state index in [1.165, 1.54) is 0 Å². The molecule has 0 radical (unpaired) electrons. The highest BCUT2D eigenvalue weighted by atomic mass is 19.1. The fourth-order valence-corrected chi connectivity index (χ4v) is 2.22. The summed E-state index contributed by atoms with van der Waals surface area (Å²) in [6.07, 6.45) is -1.36. The fourth-order valence-electron chi connectivity index (χ4n) is 2.22. The molecule has 1 unspecified atom stereocenters. The first kappa shape index (κ1) is 10.7. The Morgan fingerprint density at radius 3 is 2.94 bits per heavy atom. The molecule has 1 saturated heterocycles. The van der Waals surface area contributed by atoms with Crippen molar-refractivity contribution in [1.82, 2.24) is 5.32 Å².